The van der Waals surface area contributed by atoms with Crippen LogP contribution in [0.2, 0.25) is 0 Å². The van der Waals surface area contributed by atoms with E-state index in [4.69, 9.17) is 16.3 Å². The summed E-state index contributed by atoms with van der Waals surface area (Å²) in [5.74, 6) is 1.55. The van der Waals surface area contributed by atoms with Gasteiger partial charge in [-0.3, -0.25) is 0 Å². The Bertz CT molecular complexity index is 543. The predicted molar refractivity (Wildman–Crippen MR) is 84.6 cm³/mol. The number of hydrogen-bond acceptors (Lipinski definition) is 1. The van der Waals surface area contributed by atoms with Gasteiger partial charge in [0.25, 0.3) is 0 Å². The lowest BCUT2D eigenvalue weighted by Crippen LogP contribution is -2.18. The Labute approximate surface area is 127 Å². The largest absolute Gasteiger partial charge is 0.492 e. The fourth-order valence-corrected chi connectivity index (χ4v) is 4.65. The molecular formula is C18H25ClO. The third-order valence-electron chi connectivity index (χ3n) is 6.06. The molecule has 0 N–H and O–H groups in total. The summed E-state index contributed by atoms with van der Waals surface area (Å²) in [5.41, 5.74) is 3.26. The van der Waals surface area contributed by atoms with Gasteiger partial charge < -0.3 is 4.74 Å². The average molecular weight is 293 g/mol. The van der Waals surface area contributed by atoms with Crippen molar-refractivity contribution in [2.75, 3.05) is 6.61 Å². The van der Waals surface area contributed by atoms with Gasteiger partial charge in [0.1, 0.15) is 5.75 Å². The molecule has 1 nitrogen and oxygen atoms in total. The first-order valence-corrected chi connectivity index (χ1v) is 7.94. The molecule has 0 amide bonds. The van der Waals surface area contributed by atoms with Gasteiger partial charge in [-0.1, -0.05) is 47.6 Å². The summed E-state index contributed by atoms with van der Waals surface area (Å²) >= 11 is 6.83. The predicted octanol–water partition coefficient (Wildman–Crippen LogP) is 5.32. The molecule has 1 heterocycles. The van der Waals surface area contributed by atoms with E-state index in [2.05, 4.69) is 59.7 Å². The summed E-state index contributed by atoms with van der Waals surface area (Å²) < 4.78 is 5.76. The molecule has 1 atom stereocenters. The number of halogens is 1. The van der Waals surface area contributed by atoms with Crippen LogP contribution < -0.4 is 4.74 Å². The van der Waals surface area contributed by atoms with Crippen LogP contribution in [0.3, 0.4) is 0 Å². The van der Waals surface area contributed by atoms with Gasteiger partial charge in [0.15, 0.2) is 0 Å². The Morgan fingerprint density at radius 2 is 1.70 bits per heavy atom. The smallest absolute Gasteiger partial charge is 0.123 e. The fraction of sp³-hybridized carbons (Fsp3) is 0.667. The van der Waals surface area contributed by atoms with Crippen LogP contribution in [0, 0.1) is 16.7 Å². The van der Waals surface area contributed by atoms with Crippen LogP contribution in [0.5, 0.6) is 5.75 Å². The molecule has 1 unspecified atom stereocenters. The normalized spacial score (nSPS) is 26.8. The topological polar surface area (TPSA) is 9.23 Å². The lowest BCUT2D eigenvalue weighted by molar-refractivity contribution is 0.291. The van der Waals surface area contributed by atoms with Gasteiger partial charge in [-0.2, -0.15) is 0 Å². The molecule has 0 saturated heterocycles. The second-order valence-corrected chi connectivity index (χ2v) is 8.72. The van der Waals surface area contributed by atoms with Crippen molar-refractivity contribution in [2.24, 2.45) is 16.7 Å². The van der Waals surface area contributed by atoms with Crippen LogP contribution in [0.1, 0.15) is 58.0 Å². The zero-order chi connectivity index (χ0) is 14.9. The van der Waals surface area contributed by atoms with Gasteiger partial charge in [-0.05, 0) is 34.4 Å². The minimum absolute atomic E-state index is 0.0849. The molecule has 0 aromatic heterocycles. The molecule has 2 aliphatic rings. The Hall–Kier alpha value is -0.690. The molecule has 0 spiro atoms. The quantitative estimate of drug-likeness (QED) is 0.670. The van der Waals surface area contributed by atoms with Crippen molar-refractivity contribution in [3.8, 4) is 5.75 Å². The second-order valence-electron chi connectivity index (χ2n) is 8.25. The molecule has 1 saturated carbocycles. The lowest BCUT2D eigenvalue weighted by Gasteiger charge is -2.18. The molecule has 110 valence electrons. The van der Waals surface area contributed by atoms with E-state index in [1.807, 2.05) is 0 Å². The first-order valence-electron chi connectivity index (χ1n) is 7.50. The van der Waals surface area contributed by atoms with Gasteiger partial charge in [-0.15, -0.1) is 11.6 Å². The van der Waals surface area contributed by atoms with Crippen LogP contribution in [-0.2, 0) is 5.41 Å². The van der Waals surface area contributed by atoms with Crippen molar-refractivity contribution >= 4 is 11.6 Å². The van der Waals surface area contributed by atoms with Crippen LogP contribution in [-0.4, -0.2) is 6.61 Å². The van der Waals surface area contributed by atoms with Gasteiger partial charge in [0, 0.05) is 11.0 Å². The zero-order valence-corrected chi connectivity index (χ0v) is 14.1. The number of rotatable bonds is 2. The molecule has 1 aromatic carbocycles. The van der Waals surface area contributed by atoms with E-state index in [0.717, 1.165) is 12.4 Å². The summed E-state index contributed by atoms with van der Waals surface area (Å²) in [5, 5.41) is 0.0849. The number of fused-ring (bicyclic) bond motifs is 1. The third kappa shape index (κ3) is 1.75. The van der Waals surface area contributed by atoms with Crippen LogP contribution in [0.15, 0.2) is 18.2 Å². The molecule has 1 fully saturated rings. The van der Waals surface area contributed by atoms with E-state index in [1.165, 1.54) is 11.1 Å². The number of hydrogen-bond donors (Lipinski definition) is 0. The lowest BCUT2D eigenvalue weighted by atomic mass is 9.85. The summed E-state index contributed by atoms with van der Waals surface area (Å²) in [7, 11) is 0. The maximum absolute atomic E-state index is 6.83. The third-order valence-corrected chi connectivity index (χ3v) is 6.57. The number of alkyl halides is 1. The highest BCUT2D eigenvalue weighted by molar-refractivity contribution is 6.21. The maximum Gasteiger partial charge on any atom is 0.123 e. The molecule has 2 heteroatoms. The zero-order valence-electron chi connectivity index (χ0n) is 13.4. The summed E-state index contributed by atoms with van der Waals surface area (Å²) in [6.45, 7) is 14.5. The molecule has 0 bridgehead atoms. The molecular weight excluding hydrogens is 268 g/mol. The van der Waals surface area contributed by atoms with E-state index < -0.39 is 0 Å². The fourth-order valence-electron chi connectivity index (χ4n) is 3.88. The Morgan fingerprint density at radius 1 is 1.10 bits per heavy atom. The van der Waals surface area contributed by atoms with Crippen molar-refractivity contribution in [3.05, 3.63) is 29.3 Å². The summed E-state index contributed by atoms with van der Waals surface area (Å²) in [4.78, 5) is 0. The molecule has 20 heavy (non-hydrogen) atoms. The van der Waals surface area contributed by atoms with Gasteiger partial charge in [-0.25, -0.2) is 0 Å². The summed E-state index contributed by atoms with van der Waals surface area (Å²) in [6.07, 6.45) is 0. The van der Waals surface area contributed by atoms with Crippen molar-refractivity contribution < 1.29 is 4.74 Å². The van der Waals surface area contributed by atoms with Gasteiger partial charge in [0.05, 0.1) is 12.0 Å². The van der Waals surface area contributed by atoms with Crippen LogP contribution in [0.4, 0.5) is 0 Å². The van der Waals surface area contributed by atoms with Crippen molar-refractivity contribution in [2.45, 2.75) is 52.3 Å². The standard InChI is InChI=1S/C18H25ClO/c1-16(2)10-20-13-8-7-11(9-12(13)16)14(19)15-17(3,4)18(15,5)6/h7-9,14-15H,10H2,1-6H3. The minimum atomic E-state index is 0.0849. The van der Waals surface area contributed by atoms with E-state index in [0.29, 0.717) is 16.7 Å². The molecule has 3 rings (SSSR count). The monoisotopic (exact) mass is 292 g/mol. The minimum Gasteiger partial charge on any atom is -0.492 e. The highest BCUT2D eigenvalue weighted by Crippen LogP contribution is 2.73. The second kappa shape index (κ2) is 3.94. The highest BCUT2D eigenvalue weighted by atomic mass is 35.5. The summed E-state index contributed by atoms with van der Waals surface area (Å²) in [6, 6.07) is 6.50. The van der Waals surface area contributed by atoms with Crippen molar-refractivity contribution in [3.63, 3.8) is 0 Å². The Morgan fingerprint density at radius 3 is 2.25 bits per heavy atom. The first kappa shape index (κ1) is 14.3. The van der Waals surface area contributed by atoms with E-state index in [1.54, 1.807) is 0 Å². The Balaban J connectivity index is 1.94. The van der Waals surface area contributed by atoms with E-state index >= 15 is 0 Å². The van der Waals surface area contributed by atoms with E-state index in [-0.39, 0.29) is 10.8 Å². The van der Waals surface area contributed by atoms with Crippen LogP contribution >= 0.6 is 11.6 Å². The highest BCUT2D eigenvalue weighted by Gasteiger charge is 2.67. The molecule has 1 aliphatic carbocycles. The molecule has 0 radical (unpaired) electrons. The number of ether oxygens (including phenoxy) is 1. The average Bonchev–Trinajstić information content (AvgIpc) is 2.62. The maximum atomic E-state index is 6.83. The Kier molecular flexibility index (Phi) is 2.81. The molecule has 1 aliphatic heterocycles. The van der Waals surface area contributed by atoms with Gasteiger partial charge >= 0.3 is 0 Å². The van der Waals surface area contributed by atoms with Crippen molar-refractivity contribution in [1.29, 1.82) is 0 Å². The van der Waals surface area contributed by atoms with Crippen molar-refractivity contribution in [1.82, 2.24) is 0 Å². The van der Waals surface area contributed by atoms with Crippen LogP contribution in [0.25, 0.3) is 0 Å². The molecule has 1 aromatic rings. The first-order chi connectivity index (χ1) is 9.09. The number of benzene rings is 1. The van der Waals surface area contributed by atoms with Gasteiger partial charge in [0.2, 0.25) is 0 Å². The van der Waals surface area contributed by atoms with E-state index in [9.17, 15) is 0 Å². The SMILES string of the molecule is CC1(C)COc2ccc(C(Cl)C3C(C)(C)C3(C)C)cc21.